The number of hydrogen-bond acceptors (Lipinski definition) is 5. The van der Waals surface area contributed by atoms with Crippen molar-refractivity contribution in [3.63, 3.8) is 0 Å². The molecule has 1 atom stereocenters. The predicted molar refractivity (Wildman–Crippen MR) is 108 cm³/mol. The Morgan fingerprint density at radius 2 is 1.79 bits per heavy atom. The maximum Gasteiger partial charge on any atom is 0.289 e. The lowest BCUT2D eigenvalue weighted by molar-refractivity contribution is 0.101. The summed E-state index contributed by atoms with van der Waals surface area (Å²) in [5.41, 5.74) is 6.89. The first kappa shape index (κ1) is 19.1. The first-order valence-electron chi connectivity index (χ1n) is 8.23. The van der Waals surface area contributed by atoms with Crippen molar-refractivity contribution in [1.29, 1.82) is 0 Å². The largest absolute Gasteiger partial charge is 0.508 e. The Balaban J connectivity index is 1.95. The van der Waals surface area contributed by atoms with Crippen molar-refractivity contribution in [3.05, 3.63) is 83.6 Å². The van der Waals surface area contributed by atoms with E-state index >= 15 is 0 Å². The summed E-state index contributed by atoms with van der Waals surface area (Å²) in [6.07, 6.45) is 2.83. The van der Waals surface area contributed by atoms with Gasteiger partial charge in [-0.25, -0.2) is 9.19 Å². The Morgan fingerprint density at radius 1 is 1.07 bits per heavy atom. The molecule has 7 heteroatoms. The number of pyridine rings is 1. The van der Waals surface area contributed by atoms with Gasteiger partial charge in [0.1, 0.15) is 11.6 Å². The number of carbonyl (C=O) groups is 1. The van der Waals surface area contributed by atoms with Gasteiger partial charge >= 0.3 is 0 Å². The first-order chi connectivity index (χ1) is 13.3. The van der Waals surface area contributed by atoms with Crippen LogP contribution < -0.4 is 5.73 Å². The summed E-state index contributed by atoms with van der Waals surface area (Å²) in [6.45, 7) is 0. The number of nitrogens with two attached hydrogens (primary N) is 1. The molecule has 0 aliphatic carbocycles. The van der Waals surface area contributed by atoms with Gasteiger partial charge < -0.3 is 10.8 Å². The monoisotopic (exact) mass is 391 g/mol. The molecule has 0 aliphatic rings. The number of anilines is 1. The molecule has 0 saturated carbocycles. The van der Waals surface area contributed by atoms with Gasteiger partial charge in [0.2, 0.25) is 0 Å². The van der Waals surface area contributed by atoms with E-state index in [1.807, 2.05) is 0 Å². The van der Waals surface area contributed by atoms with E-state index in [0.29, 0.717) is 16.0 Å². The Labute approximate surface area is 163 Å². The molecule has 28 heavy (non-hydrogen) atoms. The molecule has 1 aromatic heterocycles. The average molecular weight is 391 g/mol. The Kier molecular flexibility index (Phi) is 5.43. The van der Waals surface area contributed by atoms with Gasteiger partial charge in [-0.15, -0.1) is 0 Å². The molecular weight excluding hydrogens is 374 g/mol. The van der Waals surface area contributed by atoms with Crippen LogP contribution in [-0.4, -0.2) is 26.5 Å². The number of rotatable bonds is 2. The van der Waals surface area contributed by atoms with Crippen molar-refractivity contribution >= 4 is 21.5 Å². The number of aromatic nitrogens is 1. The SMILES string of the molecule is C[S@@](=O)(=NC(=O)c1cc(C#Cc2cccc(O)c2)cnc1N)c1ccccc1. The van der Waals surface area contributed by atoms with Crippen LogP contribution in [0.3, 0.4) is 0 Å². The lowest BCUT2D eigenvalue weighted by atomic mass is 10.1. The van der Waals surface area contributed by atoms with Crippen LogP contribution in [0.25, 0.3) is 0 Å². The normalized spacial score (nSPS) is 12.3. The fourth-order valence-corrected chi connectivity index (χ4v) is 3.56. The third kappa shape index (κ3) is 4.55. The van der Waals surface area contributed by atoms with Gasteiger partial charge in [0.25, 0.3) is 5.91 Å². The molecule has 1 heterocycles. The number of aromatic hydroxyl groups is 1. The lowest BCUT2D eigenvalue weighted by Gasteiger charge is -2.05. The molecule has 140 valence electrons. The highest BCUT2D eigenvalue weighted by Gasteiger charge is 2.15. The molecule has 3 rings (SSSR count). The molecule has 0 unspecified atom stereocenters. The standard InChI is InChI=1S/C21H17N3O3S/c1-28(27,18-8-3-2-4-9-18)24-21(26)19-13-16(14-23-20(19)22)11-10-15-6-5-7-17(25)12-15/h2-9,12-14,25H,1H3,(H2,22,23)/t28-/m0/s1. The lowest BCUT2D eigenvalue weighted by Crippen LogP contribution is -2.08. The van der Waals surface area contributed by atoms with E-state index in [9.17, 15) is 14.1 Å². The molecule has 0 fully saturated rings. The molecule has 0 spiro atoms. The van der Waals surface area contributed by atoms with E-state index in [0.717, 1.165) is 0 Å². The number of benzene rings is 2. The highest BCUT2D eigenvalue weighted by molar-refractivity contribution is 7.93. The zero-order chi connectivity index (χ0) is 20.1. The van der Waals surface area contributed by atoms with Crippen molar-refractivity contribution in [3.8, 4) is 17.6 Å². The summed E-state index contributed by atoms with van der Waals surface area (Å²) in [4.78, 5) is 17.0. The maximum absolute atomic E-state index is 12.8. The zero-order valence-corrected chi connectivity index (χ0v) is 15.8. The van der Waals surface area contributed by atoms with Gasteiger partial charge in [-0.3, -0.25) is 4.79 Å². The van der Waals surface area contributed by atoms with Gasteiger partial charge in [0, 0.05) is 28.5 Å². The maximum atomic E-state index is 12.8. The van der Waals surface area contributed by atoms with Crippen LogP contribution >= 0.6 is 0 Å². The second-order valence-corrected chi connectivity index (χ2v) is 8.23. The van der Waals surface area contributed by atoms with E-state index in [2.05, 4.69) is 21.2 Å². The molecule has 2 aromatic carbocycles. The van der Waals surface area contributed by atoms with Crippen molar-refractivity contribution in [2.24, 2.45) is 4.36 Å². The summed E-state index contributed by atoms with van der Waals surface area (Å²) >= 11 is 0. The quantitative estimate of drug-likeness (QED) is 0.653. The zero-order valence-electron chi connectivity index (χ0n) is 15.0. The van der Waals surface area contributed by atoms with E-state index in [-0.39, 0.29) is 17.1 Å². The van der Waals surface area contributed by atoms with Crippen LogP contribution in [0, 0.1) is 11.8 Å². The molecule has 0 aliphatic heterocycles. The van der Waals surface area contributed by atoms with Crippen LogP contribution in [0.5, 0.6) is 5.75 Å². The number of hydrogen-bond donors (Lipinski definition) is 2. The van der Waals surface area contributed by atoms with E-state index in [4.69, 9.17) is 5.73 Å². The van der Waals surface area contributed by atoms with E-state index in [1.165, 1.54) is 24.6 Å². The smallest absolute Gasteiger partial charge is 0.289 e. The minimum atomic E-state index is -2.92. The summed E-state index contributed by atoms with van der Waals surface area (Å²) in [5, 5.41) is 9.48. The molecule has 1 amide bonds. The van der Waals surface area contributed by atoms with Crippen LogP contribution in [0.1, 0.15) is 21.5 Å². The predicted octanol–water partition coefficient (Wildman–Crippen LogP) is 3.07. The van der Waals surface area contributed by atoms with Gasteiger partial charge in [-0.1, -0.05) is 36.1 Å². The molecule has 0 bridgehead atoms. The van der Waals surface area contributed by atoms with Gasteiger partial charge in [-0.2, -0.15) is 4.36 Å². The molecule has 6 nitrogen and oxygen atoms in total. The van der Waals surface area contributed by atoms with Crippen LogP contribution in [0.15, 0.2) is 76.1 Å². The van der Waals surface area contributed by atoms with E-state index in [1.54, 1.807) is 48.5 Å². The molecular formula is C21H17N3O3S. The van der Waals surface area contributed by atoms with Crippen molar-refractivity contribution < 1.29 is 14.1 Å². The minimum absolute atomic E-state index is 0.0140. The summed E-state index contributed by atoms with van der Waals surface area (Å²) < 4.78 is 16.7. The number of nitrogens with zero attached hydrogens (tertiary/aromatic N) is 2. The minimum Gasteiger partial charge on any atom is -0.508 e. The van der Waals surface area contributed by atoms with Crippen LogP contribution in [0.2, 0.25) is 0 Å². The second-order valence-electron chi connectivity index (χ2n) is 5.97. The second kappa shape index (κ2) is 7.94. The molecule has 3 aromatic rings. The summed E-state index contributed by atoms with van der Waals surface area (Å²) in [7, 11) is -2.92. The Bertz CT molecular complexity index is 1220. The highest BCUT2D eigenvalue weighted by atomic mass is 32.2. The van der Waals surface area contributed by atoms with Gasteiger partial charge in [0.05, 0.1) is 15.3 Å². The van der Waals surface area contributed by atoms with Gasteiger partial charge in [-0.05, 0) is 36.4 Å². The number of carbonyl (C=O) groups excluding carboxylic acids is 1. The average Bonchev–Trinajstić information content (AvgIpc) is 2.67. The summed E-state index contributed by atoms with van der Waals surface area (Å²) in [6, 6.07) is 16.5. The number of phenols is 1. The fourth-order valence-electron chi connectivity index (χ4n) is 2.38. The Hall–Kier alpha value is -3.63. The van der Waals surface area contributed by atoms with Crippen LogP contribution in [0.4, 0.5) is 5.82 Å². The fraction of sp³-hybridized carbons (Fsp3) is 0.0476. The van der Waals surface area contributed by atoms with Gasteiger partial charge in [0.15, 0.2) is 0 Å². The summed E-state index contributed by atoms with van der Waals surface area (Å²) in [5.74, 6) is 5.11. The first-order valence-corrected chi connectivity index (χ1v) is 10.2. The van der Waals surface area contributed by atoms with Crippen molar-refractivity contribution in [2.45, 2.75) is 4.90 Å². The Morgan fingerprint density at radius 3 is 2.50 bits per heavy atom. The van der Waals surface area contributed by atoms with Crippen LogP contribution in [-0.2, 0) is 9.73 Å². The third-order valence-corrected chi connectivity index (χ3v) is 5.44. The van der Waals surface area contributed by atoms with Crippen molar-refractivity contribution in [1.82, 2.24) is 4.98 Å². The third-order valence-electron chi connectivity index (χ3n) is 3.78. The highest BCUT2D eigenvalue weighted by Crippen LogP contribution is 2.17. The van der Waals surface area contributed by atoms with Crippen molar-refractivity contribution in [2.75, 3.05) is 12.0 Å². The molecule has 0 saturated heterocycles. The number of nitrogen functional groups attached to an aromatic ring is 1. The molecule has 3 N–H and O–H groups in total. The molecule has 0 radical (unpaired) electrons. The number of phenolic OH excluding ortho intramolecular Hbond substituents is 1. The van der Waals surface area contributed by atoms with E-state index < -0.39 is 15.6 Å². The topological polar surface area (TPSA) is 106 Å². The number of amides is 1.